The second-order valence-corrected chi connectivity index (χ2v) is 9.87. The third kappa shape index (κ3) is 3.22. The molecular formula is C30H28N2O2. The molecule has 3 aliphatic rings. The van der Waals surface area contributed by atoms with Crippen LogP contribution in [-0.4, -0.2) is 24.0 Å². The van der Waals surface area contributed by atoms with E-state index in [2.05, 4.69) is 47.4 Å². The van der Waals surface area contributed by atoms with E-state index in [-0.39, 0.29) is 29.7 Å². The fraction of sp³-hybridized carbons (Fsp3) is 0.333. The largest absolute Gasteiger partial charge is 0.497 e. The van der Waals surface area contributed by atoms with Crippen molar-refractivity contribution in [2.75, 3.05) is 7.11 Å². The second-order valence-electron chi connectivity index (χ2n) is 9.87. The van der Waals surface area contributed by atoms with Gasteiger partial charge in [-0.05, 0) is 71.2 Å². The Balaban J connectivity index is 1.49. The number of nitrogens with zero attached hydrogens (tertiary/aromatic N) is 2. The Labute approximate surface area is 200 Å². The van der Waals surface area contributed by atoms with Crippen LogP contribution < -0.4 is 4.74 Å². The number of hydrogen-bond acceptors (Lipinski definition) is 3. The SMILES string of the molecule is COc1ccc([C@@H]2c3ccc(C#N)cc3[C@@H]3CCC[C@H]4[C@@H]3[C@@H]2C(=O)N4Cc2ccccc2)cc1. The van der Waals surface area contributed by atoms with Gasteiger partial charge in [0, 0.05) is 18.5 Å². The molecule has 1 saturated heterocycles. The van der Waals surface area contributed by atoms with E-state index >= 15 is 0 Å². The maximum Gasteiger partial charge on any atom is 0.227 e. The molecule has 170 valence electrons. The quantitative estimate of drug-likeness (QED) is 0.520. The summed E-state index contributed by atoms with van der Waals surface area (Å²) in [5, 5.41) is 9.61. The van der Waals surface area contributed by atoms with Gasteiger partial charge in [-0.3, -0.25) is 4.79 Å². The van der Waals surface area contributed by atoms with Crippen molar-refractivity contribution in [1.29, 1.82) is 5.26 Å². The van der Waals surface area contributed by atoms with Crippen molar-refractivity contribution < 1.29 is 9.53 Å². The predicted octanol–water partition coefficient (Wildman–Crippen LogP) is 5.62. The van der Waals surface area contributed by atoms with E-state index in [0.717, 1.165) is 30.6 Å². The fourth-order valence-electron chi connectivity index (χ4n) is 6.92. The first-order valence-electron chi connectivity index (χ1n) is 12.2. The fourth-order valence-corrected chi connectivity index (χ4v) is 6.92. The zero-order valence-electron chi connectivity index (χ0n) is 19.4. The van der Waals surface area contributed by atoms with Crippen LogP contribution in [0.4, 0.5) is 0 Å². The van der Waals surface area contributed by atoms with E-state index in [1.807, 2.05) is 36.4 Å². The Kier molecular flexibility index (Phi) is 5.14. The zero-order valence-corrected chi connectivity index (χ0v) is 19.4. The van der Waals surface area contributed by atoms with Crippen molar-refractivity contribution >= 4 is 5.91 Å². The molecule has 2 fully saturated rings. The highest BCUT2D eigenvalue weighted by Gasteiger charge is 2.58. The molecule has 5 atom stereocenters. The zero-order chi connectivity index (χ0) is 23.2. The monoisotopic (exact) mass is 448 g/mol. The number of methoxy groups -OCH3 is 1. The summed E-state index contributed by atoms with van der Waals surface area (Å²) in [6.45, 7) is 0.666. The average Bonchev–Trinajstić information content (AvgIpc) is 3.17. The number of benzene rings is 3. The van der Waals surface area contributed by atoms with Gasteiger partial charge < -0.3 is 9.64 Å². The van der Waals surface area contributed by atoms with Crippen molar-refractivity contribution in [2.45, 2.75) is 43.7 Å². The summed E-state index contributed by atoms with van der Waals surface area (Å²) < 4.78 is 5.40. The van der Waals surface area contributed by atoms with E-state index < -0.39 is 0 Å². The van der Waals surface area contributed by atoms with Gasteiger partial charge in [-0.1, -0.05) is 55.0 Å². The van der Waals surface area contributed by atoms with E-state index in [1.54, 1.807) is 7.11 Å². The van der Waals surface area contributed by atoms with E-state index in [0.29, 0.717) is 18.0 Å². The molecule has 34 heavy (non-hydrogen) atoms. The van der Waals surface area contributed by atoms with Crippen LogP contribution in [-0.2, 0) is 11.3 Å². The standard InChI is InChI=1S/C30H28N2O2/c1-34-22-13-11-21(12-14-22)27-24-15-10-20(17-31)16-25(24)23-8-5-9-26-28(23)29(27)30(33)32(26)18-19-6-3-2-4-7-19/h2-4,6-7,10-16,23,26-29H,5,8-9,18H2,1H3/t23-,26-,27+,28+,29+/m0/s1. The molecule has 3 aromatic carbocycles. The molecule has 0 radical (unpaired) electrons. The van der Waals surface area contributed by atoms with E-state index in [1.165, 1.54) is 16.7 Å². The number of ether oxygens (including phenoxy) is 1. The molecular weight excluding hydrogens is 420 g/mol. The molecule has 1 heterocycles. The maximum absolute atomic E-state index is 14.2. The summed E-state index contributed by atoms with van der Waals surface area (Å²) >= 11 is 0. The highest BCUT2D eigenvalue weighted by atomic mass is 16.5. The number of likely N-dealkylation sites (tertiary alicyclic amines) is 1. The van der Waals surface area contributed by atoms with Gasteiger partial charge in [0.1, 0.15) is 5.75 Å². The van der Waals surface area contributed by atoms with Gasteiger partial charge in [0.25, 0.3) is 0 Å². The molecule has 0 bridgehead atoms. The summed E-state index contributed by atoms with van der Waals surface area (Å²) in [7, 11) is 1.67. The number of rotatable bonds is 4. The minimum absolute atomic E-state index is 0.0104. The van der Waals surface area contributed by atoms with Crippen LogP contribution in [0.5, 0.6) is 5.75 Å². The molecule has 6 rings (SSSR count). The number of nitriles is 1. The van der Waals surface area contributed by atoms with Gasteiger partial charge in [0.2, 0.25) is 5.91 Å². The molecule has 0 N–H and O–H groups in total. The first-order valence-corrected chi connectivity index (χ1v) is 12.2. The molecule has 1 amide bonds. The van der Waals surface area contributed by atoms with Crippen molar-refractivity contribution in [3.05, 3.63) is 101 Å². The number of fused-ring (bicyclic) bond motifs is 2. The maximum atomic E-state index is 14.2. The number of amides is 1. The first kappa shape index (κ1) is 21.0. The van der Waals surface area contributed by atoms with Crippen LogP contribution in [0.3, 0.4) is 0 Å². The number of hydrogen-bond donors (Lipinski definition) is 0. The Morgan fingerprint density at radius 1 is 1.00 bits per heavy atom. The summed E-state index contributed by atoms with van der Waals surface area (Å²) in [6, 6.07) is 27.2. The highest BCUT2D eigenvalue weighted by molar-refractivity contribution is 5.85. The Morgan fingerprint density at radius 2 is 1.79 bits per heavy atom. The van der Waals surface area contributed by atoms with Crippen LogP contribution in [0.15, 0.2) is 72.8 Å². The van der Waals surface area contributed by atoms with Crippen LogP contribution >= 0.6 is 0 Å². The van der Waals surface area contributed by atoms with Crippen molar-refractivity contribution in [2.24, 2.45) is 11.8 Å². The van der Waals surface area contributed by atoms with Gasteiger partial charge in [-0.2, -0.15) is 5.26 Å². The minimum atomic E-state index is -0.0761. The van der Waals surface area contributed by atoms with Crippen molar-refractivity contribution in [3.8, 4) is 11.8 Å². The molecule has 0 aromatic heterocycles. The molecule has 3 aromatic rings. The lowest BCUT2D eigenvalue weighted by Gasteiger charge is -2.45. The molecule has 4 nitrogen and oxygen atoms in total. The summed E-state index contributed by atoms with van der Waals surface area (Å²) in [5.74, 6) is 1.61. The summed E-state index contributed by atoms with van der Waals surface area (Å²) in [5.41, 5.74) is 5.53. The third-order valence-electron chi connectivity index (χ3n) is 8.29. The van der Waals surface area contributed by atoms with Crippen LogP contribution in [0.1, 0.15) is 58.9 Å². The molecule has 4 heteroatoms. The smallest absolute Gasteiger partial charge is 0.227 e. The van der Waals surface area contributed by atoms with Gasteiger partial charge in [-0.15, -0.1) is 0 Å². The van der Waals surface area contributed by atoms with Crippen molar-refractivity contribution in [1.82, 2.24) is 4.90 Å². The highest BCUT2D eigenvalue weighted by Crippen LogP contribution is 2.59. The number of carbonyl (C=O) groups excluding carboxylic acids is 1. The number of carbonyl (C=O) groups is 1. The van der Waals surface area contributed by atoms with Gasteiger partial charge in [-0.25, -0.2) is 0 Å². The molecule has 2 aliphatic carbocycles. The van der Waals surface area contributed by atoms with Gasteiger partial charge in [0.05, 0.1) is 24.7 Å². The first-order chi connectivity index (χ1) is 16.7. The average molecular weight is 449 g/mol. The lowest BCUT2D eigenvalue weighted by Crippen LogP contribution is -2.40. The lowest BCUT2D eigenvalue weighted by atomic mass is 9.58. The lowest BCUT2D eigenvalue weighted by molar-refractivity contribution is -0.133. The molecule has 1 saturated carbocycles. The molecule has 0 spiro atoms. The topological polar surface area (TPSA) is 53.3 Å². The van der Waals surface area contributed by atoms with Crippen molar-refractivity contribution in [3.63, 3.8) is 0 Å². The summed E-state index contributed by atoms with van der Waals surface area (Å²) in [4.78, 5) is 16.3. The Hall–Kier alpha value is -3.58. The predicted molar refractivity (Wildman–Crippen MR) is 130 cm³/mol. The van der Waals surface area contributed by atoms with Crippen LogP contribution in [0.25, 0.3) is 0 Å². The van der Waals surface area contributed by atoms with E-state index in [9.17, 15) is 10.1 Å². The second kappa shape index (κ2) is 8.33. The minimum Gasteiger partial charge on any atom is -0.497 e. The Bertz CT molecular complexity index is 1260. The molecule has 0 unspecified atom stereocenters. The normalized spacial score (nSPS) is 27.0. The van der Waals surface area contributed by atoms with Gasteiger partial charge in [0.15, 0.2) is 0 Å². The van der Waals surface area contributed by atoms with Crippen LogP contribution in [0.2, 0.25) is 0 Å². The third-order valence-corrected chi connectivity index (χ3v) is 8.29. The van der Waals surface area contributed by atoms with E-state index in [4.69, 9.17) is 4.74 Å². The molecule has 1 aliphatic heterocycles. The van der Waals surface area contributed by atoms with Gasteiger partial charge >= 0.3 is 0 Å². The summed E-state index contributed by atoms with van der Waals surface area (Å²) in [6.07, 6.45) is 3.25. The van der Waals surface area contributed by atoms with Crippen LogP contribution in [0, 0.1) is 23.2 Å². The Morgan fingerprint density at radius 3 is 2.53 bits per heavy atom.